The second kappa shape index (κ2) is 8.83. The summed E-state index contributed by atoms with van der Waals surface area (Å²) in [6.07, 6.45) is 0. The van der Waals surface area contributed by atoms with Gasteiger partial charge in [-0.1, -0.05) is 30.3 Å². The Labute approximate surface area is 181 Å². The number of benzene rings is 2. The van der Waals surface area contributed by atoms with Gasteiger partial charge in [-0.25, -0.2) is 8.78 Å². The fourth-order valence-corrected chi connectivity index (χ4v) is 4.46. The van der Waals surface area contributed by atoms with Crippen LogP contribution < -0.4 is 16.0 Å². The van der Waals surface area contributed by atoms with Crippen molar-refractivity contribution in [2.75, 3.05) is 36.5 Å². The lowest BCUT2D eigenvalue weighted by Crippen LogP contribution is -2.35. The molecule has 160 valence electrons. The van der Waals surface area contributed by atoms with E-state index in [2.05, 4.69) is 10.2 Å². The Morgan fingerprint density at radius 2 is 1.74 bits per heavy atom. The van der Waals surface area contributed by atoms with Crippen LogP contribution in [-0.4, -0.2) is 38.1 Å². The number of nitrogens with zero attached hydrogens (tertiary/aromatic N) is 1. The number of morpholine rings is 1. The van der Waals surface area contributed by atoms with Crippen molar-refractivity contribution in [2.24, 2.45) is 5.73 Å². The van der Waals surface area contributed by atoms with Crippen LogP contribution in [0, 0.1) is 11.6 Å². The fraction of sp³-hybridized carbons (Fsp3) is 0.182. The highest BCUT2D eigenvalue weighted by Gasteiger charge is 2.23. The lowest BCUT2D eigenvalue weighted by Gasteiger charge is -2.28. The number of ether oxygens (including phenoxy) is 1. The van der Waals surface area contributed by atoms with Gasteiger partial charge in [0, 0.05) is 24.7 Å². The number of halogens is 2. The number of anilines is 2. The second-order valence-electron chi connectivity index (χ2n) is 6.93. The molecule has 2 heterocycles. The Morgan fingerprint density at radius 1 is 1.03 bits per heavy atom. The summed E-state index contributed by atoms with van der Waals surface area (Å²) in [5.41, 5.74) is 6.13. The Balaban J connectivity index is 1.68. The van der Waals surface area contributed by atoms with E-state index in [0.29, 0.717) is 37.2 Å². The quantitative estimate of drug-likeness (QED) is 0.627. The molecule has 1 aliphatic rings. The van der Waals surface area contributed by atoms with E-state index in [1.54, 1.807) is 6.07 Å². The summed E-state index contributed by atoms with van der Waals surface area (Å²) in [6.45, 7) is 2.56. The molecule has 4 rings (SSSR count). The topological polar surface area (TPSA) is 84.7 Å². The maximum Gasteiger partial charge on any atom is 0.265 e. The maximum atomic E-state index is 14.2. The van der Waals surface area contributed by atoms with Gasteiger partial charge in [0.05, 0.1) is 34.3 Å². The molecule has 0 radical (unpaired) electrons. The van der Waals surface area contributed by atoms with Gasteiger partial charge in [0.1, 0.15) is 11.6 Å². The standard InChI is InChI=1S/C22H19F2N3O3S/c23-16-12-17(24)18(10-15(16)20(25)28)26-21(29)19-11-14(13-4-2-1-3-5-13)22(31-19)27-6-8-30-9-7-27/h1-5,10-12H,6-9H2,(H2,25,28)(H,26,29). The smallest absolute Gasteiger partial charge is 0.265 e. The molecule has 0 atom stereocenters. The predicted molar refractivity (Wildman–Crippen MR) is 116 cm³/mol. The van der Waals surface area contributed by atoms with Gasteiger partial charge in [0.15, 0.2) is 0 Å². The minimum absolute atomic E-state index is 0.317. The van der Waals surface area contributed by atoms with Gasteiger partial charge in [-0.15, -0.1) is 11.3 Å². The Kier molecular flexibility index (Phi) is 5.97. The van der Waals surface area contributed by atoms with Gasteiger partial charge in [0.25, 0.3) is 11.8 Å². The normalized spacial score (nSPS) is 13.8. The van der Waals surface area contributed by atoms with E-state index in [9.17, 15) is 18.4 Å². The minimum Gasteiger partial charge on any atom is -0.378 e. The first-order valence-electron chi connectivity index (χ1n) is 9.56. The summed E-state index contributed by atoms with van der Waals surface area (Å²) < 4.78 is 33.3. The molecule has 0 bridgehead atoms. The van der Waals surface area contributed by atoms with Crippen molar-refractivity contribution < 1.29 is 23.1 Å². The average molecular weight is 443 g/mol. The molecule has 3 N–H and O–H groups in total. The number of nitrogens with two attached hydrogens (primary N) is 1. The monoisotopic (exact) mass is 443 g/mol. The summed E-state index contributed by atoms with van der Waals surface area (Å²) >= 11 is 1.28. The molecule has 3 aromatic rings. The first-order chi connectivity index (χ1) is 14.9. The lowest BCUT2D eigenvalue weighted by atomic mass is 10.1. The summed E-state index contributed by atoms with van der Waals surface area (Å²) in [5, 5.41) is 3.34. The second-order valence-corrected chi connectivity index (χ2v) is 7.96. The fourth-order valence-electron chi connectivity index (χ4n) is 3.34. The van der Waals surface area contributed by atoms with Crippen LogP contribution >= 0.6 is 11.3 Å². The molecule has 0 saturated carbocycles. The van der Waals surface area contributed by atoms with Crippen LogP contribution in [0.4, 0.5) is 19.5 Å². The summed E-state index contributed by atoms with van der Waals surface area (Å²) in [6, 6.07) is 12.8. The van der Waals surface area contributed by atoms with E-state index in [1.807, 2.05) is 30.3 Å². The van der Waals surface area contributed by atoms with E-state index in [-0.39, 0.29) is 5.69 Å². The molecule has 0 unspecified atom stereocenters. The van der Waals surface area contributed by atoms with Crippen molar-refractivity contribution >= 4 is 33.8 Å². The zero-order valence-corrected chi connectivity index (χ0v) is 17.2. The number of hydrogen-bond donors (Lipinski definition) is 2. The highest BCUT2D eigenvalue weighted by Crippen LogP contribution is 2.39. The van der Waals surface area contributed by atoms with Gasteiger partial charge >= 0.3 is 0 Å². The Morgan fingerprint density at radius 3 is 2.42 bits per heavy atom. The molecule has 1 aliphatic heterocycles. The van der Waals surface area contributed by atoms with Crippen LogP contribution in [0.1, 0.15) is 20.0 Å². The SMILES string of the molecule is NC(=O)c1cc(NC(=O)c2cc(-c3ccccc3)c(N3CCOCC3)s2)c(F)cc1F. The van der Waals surface area contributed by atoms with E-state index in [4.69, 9.17) is 10.5 Å². The van der Waals surface area contributed by atoms with Crippen LogP contribution in [-0.2, 0) is 4.74 Å². The largest absolute Gasteiger partial charge is 0.378 e. The first-order valence-corrected chi connectivity index (χ1v) is 10.4. The molecule has 2 amide bonds. The third-order valence-corrected chi connectivity index (χ3v) is 6.08. The van der Waals surface area contributed by atoms with E-state index >= 15 is 0 Å². The Hall–Kier alpha value is -3.30. The third kappa shape index (κ3) is 4.42. The number of hydrogen-bond acceptors (Lipinski definition) is 5. The summed E-state index contributed by atoms with van der Waals surface area (Å²) in [4.78, 5) is 26.7. The van der Waals surface area contributed by atoms with Crippen molar-refractivity contribution in [2.45, 2.75) is 0 Å². The molecule has 2 aromatic carbocycles. The molecular weight excluding hydrogens is 424 g/mol. The van der Waals surface area contributed by atoms with Crippen LogP contribution in [0.2, 0.25) is 0 Å². The predicted octanol–water partition coefficient (Wildman–Crippen LogP) is 3.88. The van der Waals surface area contributed by atoms with E-state index in [0.717, 1.165) is 22.2 Å². The van der Waals surface area contributed by atoms with Crippen LogP contribution in [0.25, 0.3) is 11.1 Å². The van der Waals surface area contributed by atoms with Crippen LogP contribution in [0.3, 0.4) is 0 Å². The van der Waals surface area contributed by atoms with E-state index in [1.165, 1.54) is 11.3 Å². The summed E-state index contributed by atoms with van der Waals surface area (Å²) in [5.74, 6) is -3.70. The van der Waals surface area contributed by atoms with Gasteiger partial charge < -0.3 is 20.7 Å². The van der Waals surface area contributed by atoms with Crippen molar-refractivity contribution in [3.05, 3.63) is 70.6 Å². The van der Waals surface area contributed by atoms with Crippen molar-refractivity contribution in [1.82, 2.24) is 0 Å². The minimum atomic E-state index is -1.08. The van der Waals surface area contributed by atoms with Crippen molar-refractivity contribution in [3.63, 3.8) is 0 Å². The third-order valence-electron chi connectivity index (χ3n) is 4.89. The van der Waals surface area contributed by atoms with E-state index < -0.39 is 29.0 Å². The highest BCUT2D eigenvalue weighted by molar-refractivity contribution is 7.18. The first kappa shape index (κ1) is 21.0. The molecule has 1 aromatic heterocycles. The Bertz CT molecular complexity index is 1130. The number of rotatable bonds is 5. The van der Waals surface area contributed by atoms with Crippen molar-refractivity contribution in [3.8, 4) is 11.1 Å². The molecular formula is C22H19F2N3O3S. The number of amides is 2. The van der Waals surface area contributed by atoms with Crippen molar-refractivity contribution in [1.29, 1.82) is 0 Å². The van der Waals surface area contributed by atoms with Crippen LogP contribution in [0.15, 0.2) is 48.5 Å². The van der Waals surface area contributed by atoms with Gasteiger partial charge in [0.2, 0.25) is 0 Å². The number of primary amides is 1. The molecule has 1 saturated heterocycles. The van der Waals surface area contributed by atoms with Gasteiger partial charge in [-0.3, -0.25) is 9.59 Å². The number of nitrogens with one attached hydrogen (secondary N) is 1. The number of carbonyl (C=O) groups is 2. The zero-order chi connectivity index (χ0) is 22.0. The average Bonchev–Trinajstić information content (AvgIpc) is 3.22. The maximum absolute atomic E-state index is 14.2. The van der Waals surface area contributed by atoms with Gasteiger partial charge in [-0.05, 0) is 17.7 Å². The molecule has 6 nitrogen and oxygen atoms in total. The molecule has 9 heteroatoms. The van der Waals surface area contributed by atoms with Gasteiger partial charge in [-0.2, -0.15) is 0 Å². The number of carbonyl (C=O) groups excluding carboxylic acids is 2. The molecule has 0 spiro atoms. The number of thiophene rings is 1. The summed E-state index contributed by atoms with van der Waals surface area (Å²) in [7, 11) is 0. The molecule has 1 fully saturated rings. The highest BCUT2D eigenvalue weighted by atomic mass is 32.1. The van der Waals surface area contributed by atoms with Crippen LogP contribution in [0.5, 0.6) is 0 Å². The molecule has 0 aliphatic carbocycles. The lowest BCUT2D eigenvalue weighted by molar-refractivity contribution is 0.0992. The molecule has 31 heavy (non-hydrogen) atoms. The zero-order valence-electron chi connectivity index (χ0n) is 16.4.